The predicted octanol–water partition coefficient (Wildman–Crippen LogP) is -0.323. The van der Waals surface area contributed by atoms with Crippen LogP contribution in [0.1, 0.15) is 20.8 Å². The molecule has 2 atom stereocenters. The largest absolute Gasteiger partial charge is 0.481 e. The summed E-state index contributed by atoms with van der Waals surface area (Å²) in [5, 5.41) is 8.78. The first kappa shape index (κ1) is 14.4. The van der Waals surface area contributed by atoms with Gasteiger partial charge >= 0.3 is 5.97 Å². The number of nitrogens with two attached hydrogens (primary N) is 1. The van der Waals surface area contributed by atoms with Gasteiger partial charge < -0.3 is 15.7 Å². The number of likely N-dealkylation sites (N-methyl/N-ethyl adjacent to an activating group) is 1. The van der Waals surface area contributed by atoms with Gasteiger partial charge in [0.2, 0.25) is 11.8 Å². The predicted molar refractivity (Wildman–Crippen MR) is 57.4 cm³/mol. The van der Waals surface area contributed by atoms with E-state index in [1.165, 1.54) is 18.7 Å². The molecule has 0 bridgehead atoms. The summed E-state index contributed by atoms with van der Waals surface area (Å²) >= 11 is 0. The summed E-state index contributed by atoms with van der Waals surface area (Å²) in [5.41, 5.74) is 4.99. The molecule has 0 heterocycles. The highest BCUT2D eigenvalue weighted by molar-refractivity contribution is 5.87. The van der Waals surface area contributed by atoms with Gasteiger partial charge in [-0.05, 0) is 6.92 Å². The molecule has 0 saturated carbocycles. The molecule has 0 rings (SSSR count). The molecule has 2 amide bonds. The van der Waals surface area contributed by atoms with Crippen LogP contribution in [0.5, 0.6) is 0 Å². The Hall–Kier alpha value is -1.59. The van der Waals surface area contributed by atoms with Gasteiger partial charge in [-0.1, -0.05) is 13.8 Å². The third kappa shape index (κ3) is 3.88. The molecule has 0 fully saturated rings. The summed E-state index contributed by atoms with van der Waals surface area (Å²) in [5.74, 6) is -3.45. The van der Waals surface area contributed by atoms with Crippen LogP contribution < -0.4 is 5.73 Å². The lowest BCUT2D eigenvalue weighted by atomic mass is 9.94. The van der Waals surface area contributed by atoms with Crippen LogP contribution >= 0.6 is 0 Å². The highest BCUT2D eigenvalue weighted by atomic mass is 16.4. The lowest BCUT2D eigenvalue weighted by molar-refractivity contribution is -0.149. The molecule has 2 unspecified atom stereocenters. The number of hydrogen-bond donors (Lipinski definition) is 2. The van der Waals surface area contributed by atoms with Gasteiger partial charge in [-0.15, -0.1) is 0 Å². The maximum Gasteiger partial charge on any atom is 0.307 e. The topological polar surface area (TPSA) is 101 Å². The van der Waals surface area contributed by atoms with Crippen molar-refractivity contribution in [1.29, 1.82) is 0 Å². The second kappa shape index (κ2) is 6.09. The van der Waals surface area contributed by atoms with Crippen LogP contribution in [-0.4, -0.2) is 40.9 Å². The summed E-state index contributed by atoms with van der Waals surface area (Å²) in [4.78, 5) is 34.5. The van der Waals surface area contributed by atoms with Gasteiger partial charge in [0, 0.05) is 12.5 Å². The van der Waals surface area contributed by atoms with Crippen LogP contribution in [0.4, 0.5) is 0 Å². The van der Waals surface area contributed by atoms with E-state index >= 15 is 0 Å². The van der Waals surface area contributed by atoms with Gasteiger partial charge in [-0.25, -0.2) is 0 Å². The van der Waals surface area contributed by atoms with Crippen molar-refractivity contribution in [2.75, 3.05) is 13.1 Å². The van der Waals surface area contributed by atoms with Crippen molar-refractivity contribution in [3.63, 3.8) is 0 Å². The molecule has 0 aliphatic carbocycles. The van der Waals surface area contributed by atoms with E-state index in [2.05, 4.69) is 0 Å². The van der Waals surface area contributed by atoms with Crippen LogP contribution in [-0.2, 0) is 14.4 Å². The molecule has 0 radical (unpaired) electrons. The number of carboxylic acids is 1. The first-order chi connectivity index (χ1) is 7.31. The Bertz CT molecular complexity index is 287. The number of carboxylic acid groups (broad SMARTS) is 1. The maximum absolute atomic E-state index is 11.8. The fraction of sp³-hybridized carbons (Fsp3) is 0.700. The Kier molecular flexibility index (Phi) is 5.49. The molecule has 0 aromatic heterocycles. The number of carbonyl (C=O) groups excluding carboxylic acids is 2. The SMILES string of the molecule is CCN(CC(N)=O)C(=O)C(C)C(C)C(=O)O. The lowest BCUT2D eigenvalue weighted by Gasteiger charge is -2.24. The first-order valence-electron chi connectivity index (χ1n) is 5.11. The highest BCUT2D eigenvalue weighted by Gasteiger charge is 2.29. The minimum atomic E-state index is -1.03. The summed E-state index contributed by atoms with van der Waals surface area (Å²) in [7, 11) is 0. The summed E-state index contributed by atoms with van der Waals surface area (Å²) in [6, 6.07) is 0. The third-order valence-electron chi connectivity index (χ3n) is 2.57. The number of rotatable bonds is 6. The normalized spacial score (nSPS) is 13.9. The molecular formula is C10H18N2O4. The second-order valence-corrected chi connectivity index (χ2v) is 3.73. The molecule has 0 aliphatic rings. The van der Waals surface area contributed by atoms with Crippen molar-refractivity contribution in [3.05, 3.63) is 0 Å². The fourth-order valence-corrected chi connectivity index (χ4v) is 1.25. The summed E-state index contributed by atoms with van der Waals surface area (Å²) in [6.45, 7) is 4.86. The second-order valence-electron chi connectivity index (χ2n) is 3.73. The van der Waals surface area contributed by atoms with Crippen LogP contribution in [0.3, 0.4) is 0 Å². The van der Waals surface area contributed by atoms with Gasteiger partial charge in [0.1, 0.15) is 0 Å². The molecule has 0 aromatic carbocycles. The van der Waals surface area contributed by atoms with E-state index in [9.17, 15) is 14.4 Å². The number of nitrogens with zero attached hydrogens (tertiary/aromatic N) is 1. The first-order valence-corrected chi connectivity index (χ1v) is 5.11. The number of primary amides is 1. The van der Waals surface area contributed by atoms with Crippen molar-refractivity contribution in [2.45, 2.75) is 20.8 Å². The minimum Gasteiger partial charge on any atom is -0.481 e. The van der Waals surface area contributed by atoms with E-state index in [0.717, 1.165) is 0 Å². The van der Waals surface area contributed by atoms with Crippen molar-refractivity contribution < 1.29 is 19.5 Å². The summed E-state index contributed by atoms with van der Waals surface area (Å²) in [6.07, 6.45) is 0. The number of aliphatic carboxylic acids is 1. The van der Waals surface area contributed by atoms with E-state index < -0.39 is 23.7 Å². The fourth-order valence-electron chi connectivity index (χ4n) is 1.25. The molecule has 0 saturated heterocycles. The van der Waals surface area contributed by atoms with Crippen molar-refractivity contribution in [1.82, 2.24) is 4.90 Å². The average Bonchev–Trinajstić information content (AvgIpc) is 2.22. The van der Waals surface area contributed by atoms with E-state index in [-0.39, 0.29) is 12.5 Å². The minimum absolute atomic E-state index is 0.175. The summed E-state index contributed by atoms with van der Waals surface area (Å²) < 4.78 is 0. The monoisotopic (exact) mass is 230 g/mol. The number of amides is 2. The van der Waals surface area contributed by atoms with Crippen LogP contribution in [0.15, 0.2) is 0 Å². The van der Waals surface area contributed by atoms with Gasteiger partial charge in [-0.2, -0.15) is 0 Å². The van der Waals surface area contributed by atoms with Crippen molar-refractivity contribution in [2.24, 2.45) is 17.6 Å². The van der Waals surface area contributed by atoms with Gasteiger partial charge in [-0.3, -0.25) is 14.4 Å². The highest BCUT2D eigenvalue weighted by Crippen LogP contribution is 2.14. The lowest BCUT2D eigenvalue weighted by Crippen LogP contribution is -2.43. The van der Waals surface area contributed by atoms with Crippen molar-refractivity contribution >= 4 is 17.8 Å². The zero-order valence-corrected chi connectivity index (χ0v) is 9.77. The average molecular weight is 230 g/mol. The van der Waals surface area contributed by atoms with Gasteiger partial charge in [0.15, 0.2) is 0 Å². The van der Waals surface area contributed by atoms with Crippen LogP contribution in [0.2, 0.25) is 0 Å². The number of hydrogen-bond acceptors (Lipinski definition) is 3. The Balaban J connectivity index is 4.61. The number of carbonyl (C=O) groups is 3. The van der Waals surface area contributed by atoms with E-state index in [1.54, 1.807) is 6.92 Å². The quantitative estimate of drug-likeness (QED) is 0.652. The van der Waals surface area contributed by atoms with Crippen LogP contribution in [0.25, 0.3) is 0 Å². The molecule has 0 aromatic rings. The molecular weight excluding hydrogens is 212 g/mol. The van der Waals surface area contributed by atoms with Gasteiger partial charge in [0.05, 0.1) is 12.5 Å². The van der Waals surface area contributed by atoms with Crippen LogP contribution in [0, 0.1) is 11.8 Å². The molecule has 0 aliphatic heterocycles. The smallest absolute Gasteiger partial charge is 0.307 e. The molecule has 6 heteroatoms. The molecule has 16 heavy (non-hydrogen) atoms. The Morgan fingerprint density at radius 3 is 2.06 bits per heavy atom. The van der Waals surface area contributed by atoms with E-state index in [0.29, 0.717) is 6.54 Å². The van der Waals surface area contributed by atoms with Gasteiger partial charge in [0.25, 0.3) is 0 Å². The Morgan fingerprint density at radius 2 is 1.75 bits per heavy atom. The van der Waals surface area contributed by atoms with E-state index in [4.69, 9.17) is 10.8 Å². The zero-order valence-electron chi connectivity index (χ0n) is 9.77. The third-order valence-corrected chi connectivity index (χ3v) is 2.57. The Labute approximate surface area is 94.4 Å². The maximum atomic E-state index is 11.8. The van der Waals surface area contributed by atoms with Crippen molar-refractivity contribution in [3.8, 4) is 0 Å². The molecule has 6 nitrogen and oxygen atoms in total. The van der Waals surface area contributed by atoms with E-state index in [1.807, 2.05) is 0 Å². The molecule has 92 valence electrons. The standard InChI is InChI=1S/C10H18N2O4/c1-4-12(5-8(11)13)9(14)6(2)7(3)10(15)16/h6-7H,4-5H2,1-3H3,(H2,11,13)(H,15,16). The Morgan fingerprint density at radius 1 is 1.25 bits per heavy atom. The molecule has 3 N–H and O–H groups in total. The molecule has 0 spiro atoms. The zero-order chi connectivity index (χ0) is 12.9.